The Balaban J connectivity index is 2.73. The predicted octanol–water partition coefficient (Wildman–Crippen LogP) is 3.05. The molecule has 0 saturated heterocycles. The first kappa shape index (κ1) is 10.1. The van der Waals surface area contributed by atoms with Crippen LogP contribution < -0.4 is 5.73 Å². The van der Waals surface area contributed by atoms with Gasteiger partial charge in [0.15, 0.2) is 0 Å². The summed E-state index contributed by atoms with van der Waals surface area (Å²) in [5.74, 6) is 0.196. The number of nitrogens with two attached hydrogens (primary N) is 1. The van der Waals surface area contributed by atoms with Gasteiger partial charge in [-0.3, -0.25) is 0 Å². The molecule has 0 aliphatic heterocycles. The molecule has 0 atom stereocenters. The monoisotopic (exact) mass is 199 g/mol. The number of hydrogen-bond acceptors (Lipinski definition) is 1. The molecule has 1 aromatic carbocycles. The number of allylic oxidation sites excluding steroid dienone is 1. The molecule has 1 rings (SSSR count). The van der Waals surface area contributed by atoms with E-state index >= 15 is 0 Å². The minimum atomic E-state index is -0.381. The lowest BCUT2D eigenvalue weighted by atomic mass is 10.2. The normalized spacial score (nSPS) is 10.9. The van der Waals surface area contributed by atoms with Gasteiger partial charge in [0.05, 0.1) is 5.69 Å². The van der Waals surface area contributed by atoms with E-state index in [9.17, 15) is 4.39 Å². The number of alkyl halides is 1. The second-order valence-electron chi connectivity index (χ2n) is 2.66. The Hall–Kier alpha value is -1.02. The summed E-state index contributed by atoms with van der Waals surface area (Å²) in [4.78, 5) is 0. The fraction of sp³-hybridized carbons (Fsp3) is 0.200. The Morgan fingerprint density at radius 1 is 1.46 bits per heavy atom. The van der Waals surface area contributed by atoms with Crippen LogP contribution in [0.3, 0.4) is 0 Å². The minimum absolute atomic E-state index is 0.175. The molecule has 0 heterocycles. The van der Waals surface area contributed by atoms with Gasteiger partial charge in [-0.05, 0) is 24.1 Å². The molecule has 13 heavy (non-hydrogen) atoms. The van der Waals surface area contributed by atoms with Crippen molar-refractivity contribution in [2.24, 2.45) is 0 Å². The summed E-state index contributed by atoms with van der Waals surface area (Å²) in [6.07, 6.45) is 4.51. The first-order chi connectivity index (χ1) is 6.24. The maximum Gasteiger partial charge on any atom is 0.146 e. The van der Waals surface area contributed by atoms with Crippen LogP contribution in [0.4, 0.5) is 10.1 Å². The minimum Gasteiger partial charge on any atom is -0.396 e. The standard InChI is InChI=1S/C10H11ClFN/c11-6-2-1-3-8-4-5-10(13)9(12)7-8/h1,3-5,7H,2,6,13H2. The van der Waals surface area contributed by atoms with Crippen LogP contribution in [0.25, 0.3) is 6.08 Å². The SMILES string of the molecule is Nc1ccc(C=CCCCl)cc1F. The van der Waals surface area contributed by atoms with Crippen LogP contribution >= 0.6 is 11.6 Å². The molecule has 70 valence electrons. The fourth-order valence-electron chi connectivity index (χ4n) is 0.929. The van der Waals surface area contributed by atoms with Gasteiger partial charge >= 0.3 is 0 Å². The molecule has 0 radical (unpaired) electrons. The van der Waals surface area contributed by atoms with E-state index in [0.717, 1.165) is 12.0 Å². The molecule has 0 spiro atoms. The highest BCUT2D eigenvalue weighted by Gasteiger charge is 1.96. The Morgan fingerprint density at radius 3 is 2.85 bits per heavy atom. The molecular formula is C10H11ClFN. The van der Waals surface area contributed by atoms with Crippen LogP contribution in [0.15, 0.2) is 24.3 Å². The summed E-state index contributed by atoms with van der Waals surface area (Å²) < 4.78 is 12.9. The van der Waals surface area contributed by atoms with Crippen molar-refractivity contribution < 1.29 is 4.39 Å². The lowest BCUT2D eigenvalue weighted by molar-refractivity contribution is 0.632. The van der Waals surface area contributed by atoms with E-state index in [-0.39, 0.29) is 11.5 Å². The zero-order valence-electron chi connectivity index (χ0n) is 7.13. The van der Waals surface area contributed by atoms with Crippen molar-refractivity contribution in [2.75, 3.05) is 11.6 Å². The van der Waals surface area contributed by atoms with Gasteiger partial charge in [0.1, 0.15) is 5.82 Å². The van der Waals surface area contributed by atoms with Crippen LogP contribution in [0, 0.1) is 5.82 Å². The van der Waals surface area contributed by atoms with Crippen molar-refractivity contribution in [3.8, 4) is 0 Å². The van der Waals surface area contributed by atoms with Crippen LogP contribution in [0.5, 0.6) is 0 Å². The van der Waals surface area contributed by atoms with E-state index in [1.807, 2.05) is 12.2 Å². The van der Waals surface area contributed by atoms with Gasteiger partial charge in [-0.1, -0.05) is 18.2 Å². The van der Waals surface area contributed by atoms with Crippen molar-refractivity contribution in [3.63, 3.8) is 0 Å². The van der Waals surface area contributed by atoms with Gasteiger partial charge in [-0.15, -0.1) is 11.6 Å². The van der Waals surface area contributed by atoms with Gasteiger partial charge in [0.25, 0.3) is 0 Å². The van der Waals surface area contributed by atoms with E-state index in [1.54, 1.807) is 12.1 Å². The summed E-state index contributed by atoms with van der Waals surface area (Å²) in [6.45, 7) is 0. The summed E-state index contributed by atoms with van der Waals surface area (Å²) in [5, 5.41) is 0. The summed E-state index contributed by atoms with van der Waals surface area (Å²) >= 11 is 5.48. The van der Waals surface area contributed by atoms with Crippen molar-refractivity contribution in [3.05, 3.63) is 35.7 Å². The average Bonchev–Trinajstić information content (AvgIpc) is 2.12. The largest absolute Gasteiger partial charge is 0.396 e. The van der Waals surface area contributed by atoms with Gasteiger partial charge in [-0.2, -0.15) is 0 Å². The van der Waals surface area contributed by atoms with Gasteiger partial charge in [-0.25, -0.2) is 4.39 Å². The Kier molecular flexibility index (Phi) is 3.77. The van der Waals surface area contributed by atoms with E-state index in [0.29, 0.717) is 5.88 Å². The molecule has 0 bridgehead atoms. The molecule has 0 aliphatic rings. The van der Waals surface area contributed by atoms with E-state index in [2.05, 4.69) is 0 Å². The molecule has 0 saturated carbocycles. The predicted molar refractivity (Wildman–Crippen MR) is 55.2 cm³/mol. The summed E-state index contributed by atoms with van der Waals surface area (Å²) in [7, 11) is 0. The van der Waals surface area contributed by atoms with Crippen LogP contribution in [-0.4, -0.2) is 5.88 Å². The Labute approximate surface area is 82.0 Å². The van der Waals surface area contributed by atoms with Gasteiger partial charge in [0, 0.05) is 5.88 Å². The molecule has 1 aromatic rings. The third-order valence-corrected chi connectivity index (χ3v) is 1.83. The molecule has 0 unspecified atom stereocenters. The maximum absolute atomic E-state index is 12.9. The molecule has 1 nitrogen and oxygen atoms in total. The van der Waals surface area contributed by atoms with Crippen molar-refractivity contribution in [1.82, 2.24) is 0 Å². The smallest absolute Gasteiger partial charge is 0.146 e. The van der Waals surface area contributed by atoms with E-state index in [1.165, 1.54) is 6.07 Å². The van der Waals surface area contributed by atoms with Gasteiger partial charge in [0.2, 0.25) is 0 Å². The zero-order valence-corrected chi connectivity index (χ0v) is 7.89. The topological polar surface area (TPSA) is 26.0 Å². The summed E-state index contributed by atoms with van der Waals surface area (Å²) in [5.41, 5.74) is 6.30. The first-order valence-electron chi connectivity index (χ1n) is 4.01. The molecule has 0 aromatic heterocycles. The van der Waals surface area contributed by atoms with Crippen LogP contribution in [-0.2, 0) is 0 Å². The molecule has 0 aliphatic carbocycles. The zero-order chi connectivity index (χ0) is 9.68. The van der Waals surface area contributed by atoms with Crippen molar-refractivity contribution in [1.29, 1.82) is 0 Å². The number of nitrogen functional groups attached to an aromatic ring is 1. The summed E-state index contributed by atoms with van der Waals surface area (Å²) in [6, 6.07) is 4.72. The Bertz CT molecular complexity index is 310. The van der Waals surface area contributed by atoms with Crippen LogP contribution in [0.2, 0.25) is 0 Å². The highest BCUT2D eigenvalue weighted by atomic mass is 35.5. The number of rotatable bonds is 3. The second-order valence-corrected chi connectivity index (χ2v) is 3.04. The third-order valence-electron chi connectivity index (χ3n) is 1.61. The van der Waals surface area contributed by atoms with Crippen molar-refractivity contribution in [2.45, 2.75) is 6.42 Å². The Morgan fingerprint density at radius 2 is 2.23 bits per heavy atom. The van der Waals surface area contributed by atoms with Crippen LogP contribution in [0.1, 0.15) is 12.0 Å². The first-order valence-corrected chi connectivity index (χ1v) is 4.55. The maximum atomic E-state index is 12.9. The number of anilines is 1. The highest BCUT2D eigenvalue weighted by molar-refractivity contribution is 6.17. The lowest BCUT2D eigenvalue weighted by Crippen LogP contribution is -1.89. The van der Waals surface area contributed by atoms with Gasteiger partial charge < -0.3 is 5.73 Å². The van der Waals surface area contributed by atoms with E-state index < -0.39 is 0 Å². The number of halogens is 2. The second kappa shape index (κ2) is 4.87. The molecule has 0 amide bonds. The fourth-order valence-corrected chi connectivity index (χ4v) is 1.06. The molecule has 3 heteroatoms. The quantitative estimate of drug-likeness (QED) is 0.588. The molecule has 0 fully saturated rings. The molecule has 2 N–H and O–H groups in total. The average molecular weight is 200 g/mol. The third kappa shape index (κ3) is 3.07. The highest BCUT2D eigenvalue weighted by Crippen LogP contribution is 2.13. The molecular weight excluding hydrogens is 189 g/mol. The lowest BCUT2D eigenvalue weighted by Gasteiger charge is -1.97. The number of hydrogen-bond donors (Lipinski definition) is 1. The number of benzene rings is 1. The van der Waals surface area contributed by atoms with Crippen molar-refractivity contribution >= 4 is 23.4 Å². The van der Waals surface area contributed by atoms with E-state index in [4.69, 9.17) is 17.3 Å².